The van der Waals surface area contributed by atoms with E-state index in [1.54, 1.807) is 0 Å². The van der Waals surface area contributed by atoms with Crippen LogP contribution in [0.3, 0.4) is 0 Å². The SMILES string of the molecule is CC1=C(CO)OC(S(=O)(=O)O)O1. The van der Waals surface area contributed by atoms with Crippen molar-refractivity contribution in [3.8, 4) is 0 Å². The van der Waals surface area contributed by atoms with Crippen LogP contribution in [-0.4, -0.2) is 30.3 Å². The molecule has 1 atom stereocenters. The maximum Gasteiger partial charge on any atom is 0.371 e. The number of aliphatic hydroxyl groups excluding tert-OH is 1. The van der Waals surface area contributed by atoms with Gasteiger partial charge in [-0.15, -0.1) is 0 Å². The highest BCUT2D eigenvalue weighted by molar-refractivity contribution is 7.86. The molecule has 1 aliphatic rings. The predicted octanol–water partition coefficient (Wildman–Crippen LogP) is -0.572. The average molecular weight is 196 g/mol. The lowest BCUT2D eigenvalue weighted by molar-refractivity contribution is 0.0150. The Bertz CT molecular complexity index is 302. The molecule has 0 bridgehead atoms. The third-order valence-corrected chi connectivity index (χ3v) is 1.97. The fourth-order valence-corrected chi connectivity index (χ4v) is 1.21. The van der Waals surface area contributed by atoms with Gasteiger partial charge in [-0.1, -0.05) is 0 Å². The van der Waals surface area contributed by atoms with Crippen molar-refractivity contribution in [3.63, 3.8) is 0 Å². The van der Waals surface area contributed by atoms with Crippen LogP contribution in [0, 0.1) is 0 Å². The molecule has 1 heterocycles. The van der Waals surface area contributed by atoms with Crippen LogP contribution in [0.25, 0.3) is 0 Å². The number of hydrogen-bond acceptors (Lipinski definition) is 5. The Morgan fingerprint density at radius 1 is 1.50 bits per heavy atom. The topological polar surface area (TPSA) is 93.1 Å². The summed E-state index contributed by atoms with van der Waals surface area (Å²) < 4.78 is 38.5. The van der Waals surface area contributed by atoms with Crippen LogP contribution < -0.4 is 0 Å². The highest BCUT2D eigenvalue weighted by Gasteiger charge is 2.34. The molecule has 0 fully saturated rings. The smallest absolute Gasteiger partial charge is 0.371 e. The molecule has 0 spiro atoms. The van der Waals surface area contributed by atoms with E-state index in [1.807, 2.05) is 0 Å². The lowest BCUT2D eigenvalue weighted by Gasteiger charge is -2.06. The van der Waals surface area contributed by atoms with Crippen molar-refractivity contribution in [1.29, 1.82) is 0 Å². The van der Waals surface area contributed by atoms with Crippen molar-refractivity contribution >= 4 is 10.1 Å². The molecule has 6 nitrogen and oxygen atoms in total. The van der Waals surface area contributed by atoms with Gasteiger partial charge in [0.1, 0.15) is 12.4 Å². The standard InChI is InChI=1S/C5H8O6S/c1-3-4(2-6)11-5(10-3)12(7,8)9/h5-6H,2H2,1H3,(H,7,8,9). The summed E-state index contributed by atoms with van der Waals surface area (Å²) in [5, 5.41) is 8.58. The fourth-order valence-electron chi connectivity index (χ4n) is 0.703. The Kier molecular flexibility index (Phi) is 2.27. The van der Waals surface area contributed by atoms with Crippen molar-refractivity contribution in [2.45, 2.75) is 12.5 Å². The third-order valence-electron chi connectivity index (χ3n) is 1.29. The number of allylic oxidation sites excluding steroid dienone is 1. The zero-order chi connectivity index (χ0) is 9.35. The Morgan fingerprint density at radius 2 is 2.08 bits per heavy atom. The first-order chi connectivity index (χ1) is 5.45. The van der Waals surface area contributed by atoms with Gasteiger partial charge in [0.2, 0.25) is 0 Å². The normalized spacial score (nSPS) is 23.8. The van der Waals surface area contributed by atoms with E-state index in [1.165, 1.54) is 6.92 Å². The molecule has 0 radical (unpaired) electrons. The van der Waals surface area contributed by atoms with Gasteiger partial charge in [0, 0.05) is 0 Å². The van der Waals surface area contributed by atoms with Crippen LogP contribution in [0.2, 0.25) is 0 Å². The molecule has 2 N–H and O–H groups in total. The van der Waals surface area contributed by atoms with Gasteiger partial charge < -0.3 is 14.6 Å². The summed E-state index contributed by atoms with van der Waals surface area (Å²) in [6, 6.07) is 0. The van der Waals surface area contributed by atoms with Crippen molar-refractivity contribution < 1.29 is 27.6 Å². The quantitative estimate of drug-likeness (QED) is 0.574. The van der Waals surface area contributed by atoms with Gasteiger partial charge in [0.25, 0.3) is 0 Å². The highest BCUT2D eigenvalue weighted by Crippen LogP contribution is 2.23. The van der Waals surface area contributed by atoms with Gasteiger partial charge in [-0.05, 0) is 6.92 Å². The summed E-state index contributed by atoms with van der Waals surface area (Å²) in [6.45, 7) is 0.967. The van der Waals surface area contributed by atoms with Gasteiger partial charge in [0.05, 0.1) is 0 Å². The average Bonchev–Trinajstić information content (AvgIpc) is 2.29. The highest BCUT2D eigenvalue weighted by atomic mass is 32.2. The first kappa shape index (κ1) is 9.30. The van der Waals surface area contributed by atoms with E-state index < -0.39 is 22.3 Å². The van der Waals surface area contributed by atoms with Gasteiger partial charge in [-0.25, -0.2) is 0 Å². The molecule has 0 saturated heterocycles. The molecular formula is C5H8O6S. The minimum Gasteiger partial charge on any atom is -0.442 e. The molecule has 1 unspecified atom stereocenters. The van der Waals surface area contributed by atoms with Crippen LogP contribution in [0.1, 0.15) is 6.92 Å². The third kappa shape index (κ3) is 1.68. The lowest BCUT2D eigenvalue weighted by atomic mass is 10.4. The van der Waals surface area contributed by atoms with Gasteiger partial charge in [-0.2, -0.15) is 8.42 Å². The Hall–Kier alpha value is -0.790. The van der Waals surface area contributed by atoms with E-state index in [2.05, 4.69) is 9.47 Å². The van der Waals surface area contributed by atoms with E-state index in [4.69, 9.17) is 9.66 Å². The largest absolute Gasteiger partial charge is 0.442 e. The molecule has 0 aromatic carbocycles. The molecule has 12 heavy (non-hydrogen) atoms. The lowest BCUT2D eigenvalue weighted by Crippen LogP contribution is -2.21. The molecule has 0 amide bonds. The molecule has 1 aliphatic heterocycles. The minimum atomic E-state index is -4.38. The second kappa shape index (κ2) is 2.92. The first-order valence-electron chi connectivity index (χ1n) is 3.05. The maximum atomic E-state index is 10.4. The van der Waals surface area contributed by atoms with Crippen LogP contribution in [-0.2, 0) is 19.6 Å². The molecule has 7 heteroatoms. The fraction of sp³-hybridized carbons (Fsp3) is 0.600. The van der Waals surface area contributed by atoms with Crippen LogP contribution in [0.4, 0.5) is 0 Å². The number of aliphatic hydroxyl groups is 1. The van der Waals surface area contributed by atoms with E-state index in [0.717, 1.165) is 0 Å². The summed E-state index contributed by atoms with van der Waals surface area (Å²) >= 11 is 0. The molecule has 70 valence electrons. The molecule has 0 aromatic rings. The van der Waals surface area contributed by atoms with Crippen molar-refractivity contribution in [1.82, 2.24) is 0 Å². The summed E-state index contributed by atoms with van der Waals surface area (Å²) in [5.41, 5.74) is -1.74. The van der Waals surface area contributed by atoms with Crippen molar-refractivity contribution in [2.75, 3.05) is 6.61 Å². The van der Waals surface area contributed by atoms with Gasteiger partial charge in [0.15, 0.2) is 5.76 Å². The summed E-state index contributed by atoms with van der Waals surface area (Å²) in [7, 11) is -4.38. The zero-order valence-corrected chi connectivity index (χ0v) is 7.04. The van der Waals surface area contributed by atoms with Crippen LogP contribution in [0.15, 0.2) is 11.5 Å². The molecule has 0 saturated carbocycles. The maximum absolute atomic E-state index is 10.4. The Labute approximate surface area is 69.2 Å². The van der Waals surface area contributed by atoms with Crippen molar-refractivity contribution in [3.05, 3.63) is 11.5 Å². The van der Waals surface area contributed by atoms with Crippen molar-refractivity contribution in [2.24, 2.45) is 0 Å². The Balaban J connectivity index is 2.76. The van der Waals surface area contributed by atoms with E-state index in [0.29, 0.717) is 0 Å². The van der Waals surface area contributed by atoms with Crippen LogP contribution in [0.5, 0.6) is 0 Å². The van der Waals surface area contributed by atoms with Gasteiger partial charge >= 0.3 is 15.7 Å². The van der Waals surface area contributed by atoms with E-state index in [-0.39, 0.29) is 11.5 Å². The summed E-state index contributed by atoms with van der Waals surface area (Å²) in [6.07, 6.45) is 0. The predicted molar refractivity (Wildman–Crippen MR) is 37.3 cm³/mol. The molecule has 0 aliphatic carbocycles. The summed E-state index contributed by atoms with van der Waals surface area (Å²) in [5.74, 6) is 0.165. The first-order valence-corrected chi connectivity index (χ1v) is 4.55. The second-order valence-electron chi connectivity index (χ2n) is 2.18. The van der Waals surface area contributed by atoms with E-state index >= 15 is 0 Å². The number of hydrogen-bond donors (Lipinski definition) is 2. The van der Waals surface area contributed by atoms with E-state index in [9.17, 15) is 8.42 Å². The summed E-state index contributed by atoms with van der Waals surface area (Å²) in [4.78, 5) is 0. The van der Waals surface area contributed by atoms with Crippen LogP contribution >= 0.6 is 0 Å². The van der Waals surface area contributed by atoms with Gasteiger partial charge in [-0.3, -0.25) is 4.55 Å². The number of ether oxygens (including phenoxy) is 2. The molecule has 1 rings (SSSR count). The Morgan fingerprint density at radius 3 is 2.33 bits per heavy atom. The minimum absolute atomic E-state index is 0.0117. The second-order valence-corrected chi connectivity index (χ2v) is 3.59. The monoisotopic (exact) mass is 196 g/mol. The molecular weight excluding hydrogens is 188 g/mol. The number of rotatable bonds is 2. The molecule has 0 aromatic heterocycles. The zero-order valence-electron chi connectivity index (χ0n) is 6.22.